The molecule has 1 atom stereocenters. The minimum Gasteiger partial charge on any atom is -0.469 e. The molecule has 134 valence electrons. The van der Waals surface area contributed by atoms with Crippen LogP contribution in [0.3, 0.4) is 0 Å². The quantitative estimate of drug-likeness (QED) is 0.882. The molecule has 0 saturated carbocycles. The number of nitrogens with zero attached hydrogens (tertiary/aromatic N) is 1. The molecule has 0 aromatic carbocycles. The Bertz CT molecular complexity index is 704. The Morgan fingerprint density at radius 3 is 2.67 bits per heavy atom. The van der Waals surface area contributed by atoms with Crippen molar-refractivity contribution in [3.05, 3.63) is 23.7 Å². The van der Waals surface area contributed by atoms with Crippen molar-refractivity contribution in [2.24, 2.45) is 0 Å². The Balaban J connectivity index is 1.61. The van der Waals surface area contributed by atoms with E-state index in [9.17, 15) is 13.2 Å². The van der Waals surface area contributed by atoms with E-state index in [4.69, 9.17) is 9.15 Å². The van der Waals surface area contributed by atoms with Gasteiger partial charge in [-0.05, 0) is 38.7 Å². The van der Waals surface area contributed by atoms with Gasteiger partial charge in [0.15, 0.2) is 0 Å². The van der Waals surface area contributed by atoms with Gasteiger partial charge >= 0.3 is 0 Å². The Kier molecular flexibility index (Phi) is 4.72. The van der Waals surface area contributed by atoms with Gasteiger partial charge in [-0.2, -0.15) is 0 Å². The lowest BCUT2D eigenvalue weighted by molar-refractivity contribution is -0.113. The second-order valence-electron chi connectivity index (χ2n) is 6.79. The van der Waals surface area contributed by atoms with E-state index in [0.29, 0.717) is 43.9 Å². The highest BCUT2D eigenvalue weighted by Gasteiger charge is 2.42. The van der Waals surface area contributed by atoms with Crippen LogP contribution >= 0.6 is 0 Å². The SMILES string of the molecule is Cc1occc1C(=O)N1CCC2(CC1)CC(NS(C)(=O)=O)CCO2. The fourth-order valence-corrected chi connectivity index (χ4v) is 4.48. The standard InChI is InChI=1S/C16H24N2O5S/c1-12-14(4-9-22-12)15(19)18-7-5-16(6-8-18)11-13(3-10-23-16)17-24(2,20)21/h4,9,13,17H,3,5-8,10-11H2,1-2H3. The summed E-state index contributed by atoms with van der Waals surface area (Å²) in [6, 6.07) is 1.61. The number of hydrogen-bond donors (Lipinski definition) is 1. The maximum atomic E-state index is 12.5. The summed E-state index contributed by atoms with van der Waals surface area (Å²) in [5, 5.41) is 0. The van der Waals surface area contributed by atoms with Gasteiger partial charge in [0, 0.05) is 25.7 Å². The Morgan fingerprint density at radius 2 is 2.08 bits per heavy atom. The molecular weight excluding hydrogens is 332 g/mol. The molecule has 0 aliphatic carbocycles. The summed E-state index contributed by atoms with van der Waals surface area (Å²) >= 11 is 0. The number of piperidine rings is 1. The van der Waals surface area contributed by atoms with E-state index >= 15 is 0 Å². The molecule has 7 nitrogen and oxygen atoms in total. The van der Waals surface area contributed by atoms with E-state index in [1.165, 1.54) is 12.5 Å². The molecule has 1 aromatic rings. The molecule has 3 heterocycles. The van der Waals surface area contributed by atoms with Gasteiger partial charge in [-0.25, -0.2) is 13.1 Å². The van der Waals surface area contributed by atoms with Crippen molar-refractivity contribution in [2.75, 3.05) is 26.0 Å². The van der Waals surface area contributed by atoms with E-state index in [1.54, 1.807) is 13.0 Å². The molecule has 8 heteroatoms. The lowest BCUT2D eigenvalue weighted by atomic mass is 9.82. The zero-order valence-corrected chi connectivity index (χ0v) is 14.9. The van der Waals surface area contributed by atoms with E-state index < -0.39 is 10.0 Å². The number of carbonyl (C=O) groups excluding carboxylic acids is 1. The molecule has 3 rings (SSSR count). The fourth-order valence-electron chi connectivity index (χ4n) is 3.67. The first-order chi connectivity index (χ1) is 11.3. The lowest BCUT2D eigenvalue weighted by Gasteiger charge is -2.46. The molecular formula is C16H24N2O5S. The number of carbonyl (C=O) groups is 1. The molecule has 0 bridgehead atoms. The Morgan fingerprint density at radius 1 is 1.38 bits per heavy atom. The third kappa shape index (κ3) is 3.81. The van der Waals surface area contributed by atoms with Crippen LogP contribution < -0.4 is 4.72 Å². The average molecular weight is 356 g/mol. The van der Waals surface area contributed by atoms with Crippen molar-refractivity contribution in [2.45, 2.75) is 44.2 Å². The van der Waals surface area contributed by atoms with Gasteiger partial charge < -0.3 is 14.1 Å². The first kappa shape index (κ1) is 17.4. The molecule has 1 spiro atoms. The van der Waals surface area contributed by atoms with Crippen molar-refractivity contribution in [3.63, 3.8) is 0 Å². The second kappa shape index (κ2) is 6.50. The Hall–Kier alpha value is -1.38. The first-order valence-electron chi connectivity index (χ1n) is 8.23. The first-order valence-corrected chi connectivity index (χ1v) is 10.1. The maximum Gasteiger partial charge on any atom is 0.257 e. The van der Waals surface area contributed by atoms with E-state index in [-0.39, 0.29) is 17.6 Å². The van der Waals surface area contributed by atoms with Gasteiger partial charge in [-0.1, -0.05) is 0 Å². The predicted molar refractivity (Wildman–Crippen MR) is 88.3 cm³/mol. The van der Waals surface area contributed by atoms with Crippen LogP contribution in [0.2, 0.25) is 0 Å². The number of nitrogens with one attached hydrogen (secondary N) is 1. The number of ether oxygens (including phenoxy) is 1. The second-order valence-corrected chi connectivity index (χ2v) is 8.57. The van der Waals surface area contributed by atoms with Gasteiger partial charge in [0.2, 0.25) is 10.0 Å². The maximum absolute atomic E-state index is 12.5. The molecule has 1 amide bonds. The zero-order valence-electron chi connectivity index (χ0n) is 14.1. The smallest absolute Gasteiger partial charge is 0.257 e. The van der Waals surface area contributed by atoms with Crippen molar-refractivity contribution < 1.29 is 22.4 Å². The summed E-state index contributed by atoms with van der Waals surface area (Å²) < 4.78 is 36.8. The van der Waals surface area contributed by atoms with Gasteiger partial charge in [0.05, 0.1) is 23.7 Å². The summed E-state index contributed by atoms with van der Waals surface area (Å²) in [6.07, 6.45) is 5.50. The Labute approximate surface area is 142 Å². The van der Waals surface area contributed by atoms with Gasteiger partial charge in [-0.3, -0.25) is 4.79 Å². The molecule has 2 saturated heterocycles. The van der Waals surface area contributed by atoms with Crippen LogP contribution in [0.4, 0.5) is 0 Å². The number of amides is 1. The van der Waals surface area contributed by atoms with Crippen LogP contribution in [-0.4, -0.2) is 56.8 Å². The lowest BCUT2D eigenvalue weighted by Crippen LogP contribution is -2.54. The molecule has 1 aromatic heterocycles. The summed E-state index contributed by atoms with van der Waals surface area (Å²) in [4.78, 5) is 14.4. The third-order valence-electron chi connectivity index (χ3n) is 4.92. The highest BCUT2D eigenvalue weighted by Crippen LogP contribution is 2.35. The van der Waals surface area contributed by atoms with Crippen molar-refractivity contribution in [3.8, 4) is 0 Å². The normalized spacial score (nSPS) is 24.2. The van der Waals surface area contributed by atoms with Crippen LogP contribution in [0.15, 0.2) is 16.7 Å². The minimum atomic E-state index is -3.22. The third-order valence-corrected chi connectivity index (χ3v) is 5.69. The molecule has 1 unspecified atom stereocenters. The molecule has 2 aliphatic rings. The number of furan rings is 1. The van der Waals surface area contributed by atoms with Crippen LogP contribution in [0, 0.1) is 6.92 Å². The van der Waals surface area contributed by atoms with Crippen LogP contribution in [-0.2, 0) is 14.8 Å². The summed E-state index contributed by atoms with van der Waals surface area (Å²) in [6.45, 7) is 3.54. The number of rotatable bonds is 3. The monoisotopic (exact) mass is 356 g/mol. The highest BCUT2D eigenvalue weighted by molar-refractivity contribution is 7.88. The molecule has 2 fully saturated rings. The van der Waals surface area contributed by atoms with Gasteiger partial charge in [0.25, 0.3) is 5.91 Å². The number of hydrogen-bond acceptors (Lipinski definition) is 5. The van der Waals surface area contributed by atoms with Crippen LogP contribution in [0.25, 0.3) is 0 Å². The number of sulfonamides is 1. The fraction of sp³-hybridized carbons (Fsp3) is 0.688. The topological polar surface area (TPSA) is 88.9 Å². The van der Waals surface area contributed by atoms with Crippen LogP contribution in [0.1, 0.15) is 41.8 Å². The molecule has 0 radical (unpaired) electrons. The van der Waals surface area contributed by atoms with Crippen molar-refractivity contribution >= 4 is 15.9 Å². The number of aryl methyl sites for hydroxylation is 1. The highest BCUT2D eigenvalue weighted by atomic mass is 32.2. The van der Waals surface area contributed by atoms with Crippen molar-refractivity contribution in [1.82, 2.24) is 9.62 Å². The summed E-state index contributed by atoms with van der Waals surface area (Å²) in [5.74, 6) is 0.615. The minimum absolute atomic E-state index is 0.0160. The number of likely N-dealkylation sites (tertiary alicyclic amines) is 1. The van der Waals surface area contributed by atoms with Gasteiger partial charge in [0.1, 0.15) is 5.76 Å². The van der Waals surface area contributed by atoms with Crippen molar-refractivity contribution in [1.29, 1.82) is 0 Å². The zero-order chi connectivity index (χ0) is 17.4. The summed E-state index contributed by atoms with van der Waals surface area (Å²) in [7, 11) is -3.22. The van der Waals surface area contributed by atoms with Gasteiger partial charge in [-0.15, -0.1) is 0 Å². The largest absolute Gasteiger partial charge is 0.469 e. The predicted octanol–water partition coefficient (Wildman–Crippen LogP) is 1.29. The molecule has 24 heavy (non-hydrogen) atoms. The molecule has 1 N–H and O–H groups in total. The van der Waals surface area contributed by atoms with E-state index in [2.05, 4.69) is 4.72 Å². The molecule has 2 aliphatic heterocycles. The summed E-state index contributed by atoms with van der Waals surface area (Å²) in [5.41, 5.74) is 0.273. The van der Waals surface area contributed by atoms with Crippen LogP contribution in [0.5, 0.6) is 0 Å². The van der Waals surface area contributed by atoms with E-state index in [0.717, 1.165) is 12.8 Å². The average Bonchev–Trinajstić information content (AvgIpc) is 2.92. The van der Waals surface area contributed by atoms with E-state index in [1.807, 2.05) is 4.90 Å².